The minimum Gasteiger partial charge on any atom is -0.456 e. The highest BCUT2D eigenvalue weighted by Gasteiger charge is 2.20. The van der Waals surface area contributed by atoms with Crippen molar-refractivity contribution in [3.8, 4) is 67.5 Å². The lowest BCUT2D eigenvalue weighted by molar-refractivity contribution is 0.669. The molecule has 4 nitrogen and oxygen atoms in total. The summed E-state index contributed by atoms with van der Waals surface area (Å²) in [7, 11) is 0. The van der Waals surface area contributed by atoms with Gasteiger partial charge in [-0.15, -0.1) is 11.3 Å². The van der Waals surface area contributed by atoms with Crippen molar-refractivity contribution in [3.63, 3.8) is 0 Å². The van der Waals surface area contributed by atoms with E-state index in [1.807, 2.05) is 59.9 Å². The summed E-state index contributed by atoms with van der Waals surface area (Å²) in [6, 6.07) is 65.7. The van der Waals surface area contributed by atoms with Gasteiger partial charge in [-0.1, -0.05) is 158 Å². The number of thiophene rings is 1. The molecule has 0 unspecified atom stereocenters. The minimum absolute atomic E-state index is 0.579. The number of rotatable bonds is 6. The minimum atomic E-state index is 0.579. The smallest absolute Gasteiger partial charge is 0.164 e. The van der Waals surface area contributed by atoms with Crippen molar-refractivity contribution in [1.82, 2.24) is 15.0 Å². The number of benzene rings is 8. The maximum atomic E-state index is 6.49. The summed E-state index contributed by atoms with van der Waals surface area (Å²) >= 11 is 1.85. The first kappa shape index (κ1) is 32.2. The molecule has 56 heavy (non-hydrogen) atoms. The van der Waals surface area contributed by atoms with Gasteiger partial charge in [0.15, 0.2) is 17.5 Å². The Morgan fingerprint density at radius 3 is 1.66 bits per heavy atom. The van der Waals surface area contributed by atoms with Crippen LogP contribution in [0.1, 0.15) is 0 Å². The molecule has 0 amide bonds. The van der Waals surface area contributed by atoms with Gasteiger partial charge in [0.1, 0.15) is 11.2 Å². The summed E-state index contributed by atoms with van der Waals surface area (Å²) in [4.78, 5) is 15.5. The van der Waals surface area contributed by atoms with E-state index >= 15 is 0 Å². The first-order chi connectivity index (χ1) is 27.7. The number of hydrogen-bond donors (Lipinski definition) is 0. The molecule has 0 atom stereocenters. The molecule has 0 radical (unpaired) electrons. The van der Waals surface area contributed by atoms with Crippen LogP contribution in [0.3, 0.4) is 0 Å². The number of aromatic nitrogens is 3. The Morgan fingerprint density at radius 2 is 0.875 bits per heavy atom. The number of furan rings is 1. The molecule has 0 spiro atoms. The van der Waals surface area contributed by atoms with E-state index in [2.05, 4.69) is 140 Å². The molecule has 0 saturated heterocycles. The number of para-hydroxylation sites is 1. The standard InChI is InChI=1S/C51H31N3OS/c1-3-13-32(14-4-1)33-25-27-35(28-26-33)50-52-49(34-15-5-2-6-16-34)53-51(54-50)44-31-46-43(39-19-7-9-23-45(39)55-46)30-42(44)37-18-11-17-36(29-37)38-21-12-22-41-40-20-8-10-24-47(40)56-48(38)41/h1-31H. The molecule has 11 rings (SSSR count). The Morgan fingerprint density at radius 1 is 0.321 bits per heavy atom. The average Bonchev–Trinajstić information content (AvgIpc) is 3.85. The molecule has 3 aromatic heterocycles. The van der Waals surface area contributed by atoms with Gasteiger partial charge in [0.25, 0.3) is 0 Å². The molecular weight excluding hydrogens is 703 g/mol. The third kappa shape index (κ3) is 5.56. The molecule has 262 valence electrons. The van der Waals surface area contributed by atoms with Crippen LogP contribution in [0, 0.1) is 0 Å². The summed E-state index contributed by atoms with van der Waals surface area (Å²) in [5, 5.41) is 4.69. The van der Waals surface area contributed by atoms with Gasteiger partial charge in [0.05, 0.1) is 0 Å². The molecule has 3 heterocycles. The van der Waals surface area contributed by atoms with Gasteiger partial charge in [0.2, 0.25) is 0 Å². The van der Waals surface area contributed by atoms with E-state index in [1.54, 1.807) is 0 Å². The predicted molar refractivity (Wildman–Crippen MR) is 233 cm³/mol. The molecule has 0 bridgehead atoms. The zero-order chi connectivity index (χ0) is 37.0. The fourth-order valence-electron chi connectivity index (χ4n) is 7.81. The average molecular weight is 734 g/mol. The van der Waals surface area contributed by atoms with Crippen molar-refractivity contribution in [1.29, 1.82) is 0 Å². The molecule has 0 aliphatic rings. The lowest BCUT2D eigenvalue weighted by Crippen LogP contribution is -2.01. The SMILES string of the molecule is c1ccc(-c2ccc(-c3nc(-c4ccccc4)nc(-c4cc5oc6ccccc6c5cc4-c4cccc(-c5cccc6c5sc5ccccc56)c4)n3)cc2)cc1. The second-order valence-electron chi connectivity index (χ2n) is 14.0. The molecule has 5 heteroatoms. The molecule has 0 aliphatic heterocycles. The Balaban J connectivity index is 1.13. The fourth-order valence-corrected chi connectivity index (χ4v) is 9.05. The van der Waals surface area contributed by atoms with Crippen molar-refractivity contribution in [2.24, 2.45) is 0 Å². The largest absolute Gasteiger partial charge is 0.456 e. The van der Waals surface area contributed by atoms with E-state index in [0.717, 1.165) is 66.4 Å². The Labute approximate surface area is 327 Å². The van der Waals surface area contributed by atoms with Crippen LogP contribution < -0.4 is 0 Å². The molecule has 8 aromatic carbocycles. The summed E-state index contributed by atoms with van der Waals surface area (Å²) in [5.41, 5.74) is 11.1. The lowest BCUT2D eigenvalue weighted by atomic mass is 9.93. The molecule has 0 fully saturated rings. The second kappa shape index (κ2) is 13.3. The van der Waals surface area contributed by atoms with Crippen LogP contribution in [0.15, 0.2) is 192 Å². The first-order valence-electron chi connectivity index (χ1n) is 18.7. The lowest BCUT2D eigenvalue weighted by Gasteiger charge is -2.14. The fraction of sp³-hybridized carbons (Fsp3) is 0. The number of nitrogens with zero attached hydrogens (tertiary/aromatic N) is 3. The highest BCUT2D eigenvalue weighted by atomic mass is 32.1. The van der Waals surface area contributed by atoms with Crippen LogP contribution in [0.4, 0.5) is 0 Å². The van der Waals surface area contributed by atoms with Gasteiger partial charge in [-0.3, -0.25) is 0 Å². The van der Waals surface area contributed by atoms with Crippen LogP contribution in [0.25, 0.3) is 110 Å². The summed E-state index contributed by atoms with van der Waals surface area (Å²) in [6.45, 7) is 0. The summed E-state index contributed by atoms with van der Waals surface area (Å²) in [6.07, 6.45) is 0. The number of hydrogen-bond acceptors (Lipinski definition) is 5. The second-order valence-corrected chi connectivity index (χ2v) is 15.0. The van der Waals surface area contributed by atoms with Gasteiger partial charge in [0, 0.05) is 47.6 Å². The Kier molecular flexibility index (Phi) is 7.64. The van der Waals surface area contributed by atoms with Crippen molar-refractivity contribution >= 4 is 53.4 Å². The van der Waals surface area contributed by atoms with Gasteiger partial charge >= 0.3 is 0 Å². The zero-order valence-corrected chi connectivity index (χ0v) is 30.9. The van der Waals surface area contributed by atoms with E-state index in [0.29, 0.717) is 17.5 Å². The maximum Gasteiger partial charge on any atom is 0.164 e. The first-order valence-corrected chi connectivity index (χ1v) is 19.5. The number of fused-ring (bicyclic) bond motifs is 6. The Hall–Kier alpha value is -7.21. The van der Waals surface area contributed by atoms with Crippen LogP contribution in [-0.2, 0) is 0 Å². The third-order valence-electron chi connectivity index (χ3n) is 10.6. The maximum absolute atomic E-state index is 6.49. The van der Waals surface area contributed by atoms with Crippen molar-refractivity contribution in [2.45, 2.75) is 0 Å². The normalized spacial score (nSPS) is 11.6. The van der Waals surface area contributed by atoms with Gasteiger partial charge in [-0.2, -0.15) is 0 Å². The zero-order valence-electron chi connectivity index (χ0n) is 30.1. The topological polar surface area (TPSA) is 51.8 Å². The predicted octanol–water partition coefficient (Wildman–Crippen LogP) is 14.1. The van der Waals surface area contributed by atoms with E-state index in [-0.39, 0.29) is 0 Å². The van der Waals surface area contributed by atoms with Crippen molar-refractivity contribution < 1.29 is 4.42 Å². The molecular formula is C51H31N3OS. The quantitative estimate of drug-likeness (QED) is 0.171. The summed E-state index contributed by atoms with van der Waals surface area (Å²) in [5.74, 6) is 1.79. The van der Waals surface area contributed by atoms with E-state index in [4.69, 9.17) is 19.4 Å². The highest BCUT2D eigenvalue weighted by molar-refractivity contribution is 7.26. The van der Waals surface area contributed by atoms with Crippen LogP contribution in [0.2, 0.25) is 0 Å². The van der Waals surface area contributed by atoms with Gasteiger partial charge in [-0.05, 0) is 63.7 Å². The van der Waals surface area contributed by atoms with E-state index in [1.165, 1.54) is 25.7 Å². The molecule has 0 N–H and O–H groups in total. The van der Waals surface area contributed by atoms with Gasteiger partial charge < -0.3 is 4.42 Å². The van der Waals surface area contributed by atoms with E-state index in [9.17, 15) is 0 Å². The van der Waals surface area contributed by atoms with Gasteiger partial charge in [-0.25, -0.2) is 15.0 Å². The van der Waals surface area contributed by atoms with Crippen LogP contribution >= 0.6 is 11.3 Å². The molecule has 0 saturated carbocycles. The van der Waals surface area contributed by atoms with Crippen LogP contribution in [0.5, 0.6) is 0 Å². The molecule has 0 aliphatic carbocycles. The Bertz CT molecular complexity index is 3240. The molecule has 11 aromatic rings. The van der Waals surface area contributed by atoms with Crippen molar-refractivity contribution in [3.05, 3.63) is 188 Å². The monoisotopic (exact) mass is 733 g/mol. The van der Waals surface area contributed by atoms with E-state index < -0.39 is 0 Å². The van der Waals surface area contributed by atoms with Crippen LogP contribution in [-0.4, -0.2) is 15.0 Å². The third-order valence-corrected chi connectivity index (χ3v) is 11.8. The summed E-state index contributed by atoms with van der Waals surface area (Å²) < 4.78 is 9.07. The highest BCUT2D eigenvalue weighted by Crippen LogP contribution is 2.43. The van der Waals surface area contributed by atoms with Crippen molar-refractivity contribution in [2.75, 3.05) is 0 Å².